The Balaban J connectivity index is 1.99. The molecule has 0 aliphatic carbocycles. The number of nitrogens with zero attached hydrogens (tertiary/aromatic N) is 3. The average molecular weight is 294 g/mol. The monoisotopic (exact) mass is 294 g/mol. The first-order valence-corrected chi connectivity index (χ1v) is 7.21. The van der Waals surface area contributed by atoms with Gasteiger partial charge in [-0.05, 0) is 39.9 Å². The lowest BCUT2D eigenvalue weighted by Crippen LogP contribution is -2.43. The molecule has 0 atom stereocenters. The van der Waals surface area contributed by atoms with E-state index < -0.39 is 5.97 Å². The van der Waals surface area contributed by atoms with Crippen molar-refractivity contribution in [3.8, 4) is 0 Å². The summed E-state index contributed by atoms with van der Waals surface area (Å²) >= 11 is 0. The number of carbonyl (C=O) groups is 2. The molecule has 0 spiro atoms. The highest BCUT2D eigenvalue weighted by molar-refractivity contribution is 5.96. The van der Waals surface area contributed by atoms with E-state index in [9.17, 15) is 9.59 Å². The molecule has 1 aliphatic heterocycles. The lowest BCUT2D eigenvalue weighted by molar-refractivity contribution is 0.0513. The molecule has 0 radical (unpaired) electrons. The third-order valence-corrected chi connectivity index (χ3v) is 3.65. The molecule has 1 saturated heterocycles. The fourth-order valence-electron chi connectivity index (χ4n) is 2.39. The van der Waals surface area contributed by atoms with Crippen molar-refractivity contribution >= 4 is 11.9 Å². The van der Waals surface area contributed by atoms with Gasteiger partial charge >= 0.3 is 5.97 Å². The predicted molar refractivity (Wildman–Crippen MR) is 77.1 cm³/mol. The summed E-state index contributed by atoms with van der Waals surface area (Å²) in [6.45, 7) is 3.98. The van der Waals surface area contributed by atoms with Gasteiger partial charge in [0, 0.05) is 19.2 Å². The zero-order chi connectivity index (χ0) is 15.4. The van der Waals surface area contributed by atoms with Crippen molar-refractivity contribution in [1.29, 1.82) is 0 Å². The van der Waals surface area contributed by atoms with Gasteiger partial charge in [0.15, 0.2) is 5.69 Å². The Bertz CT molecular complexity index is 518. The molecular weight excluding hydrogens is 272 g/mol. The number of aromatic nitrogens is 2. The number of nitrogens with one attached hydrogen (secondary N) is 1. The molecule has 2 heterocycles. The highest BCUT2D eigenvalue weighted by atomic mass is 16.5. The van der Waals surface area contributed by atoms with Crippen LogP contribution < -0.4 is 5.32 Å². The first-order valence-electron chi connectivity index (χ1n) is 7.21. The second-order valence-corrected chi connectivity index (χ2v) is 5.31. The highest BCUT2D eigenvalue weighted by Gasteiger charge is 2.22. The van der Waals surface area contributed by atoms with Gasteiger partial charge in [-0.2, -0.15) is 5.10 Å². The molecule has 0 saturated carbocycles. The molecule has 2 rings (SSSR count). The van der Waals surface area contributed by atoms with Crippen LogP contribution in [0.5, 0.6) is 0 Å². The van der Waals surface area contributed by atoms with Gasteiger partial charge < -0.3 is 15.0 Å². The van der Waals surface area contributed by atoms with Crippen LogP contribution in [0.25, 0.3) is 0 Å². The van der Waals surface area contributed by atoms with E-state index in [-0.39, 0.29) is 23.3 Å². The number of rotatable bonds is 4. The Morgan fingerprint density at radius 1 is 1.38 bits per heavy atom. The predicted octanol–water partition coefficient (Wildman–Crippen LogP) is 0.421. The van der Waals surface area contributed by atoms with Crippen LogP contribution in [-0.2, 0) is 11.8 Å². The summed E-state index contributed by atoms with van der Waals surface area (Å²) < 4.78 is 6.30. The maximum Gasteiger partial charge on any atom is 0.356 e. The minimum atomic E-state index is -0.467. The Kier molecular flexibility index (Phi) is 4.95. The van der Waals surface area contributed by atoms with Crippen molar-refractivity contribution < 1.29 is 14.3 Å². The van der Waals surface area contributed by atoms with Crippen LogP contribution in [0.4, 0.5) is 0 Å². The first-order chi connectivity index (χ1) is 10.0. The first kappa shape index (κ1) is 15.5. The quantitative estimate of drug-likeness (QED) is 0.815. The SMILES string of the molecule is CCOC(=O)c1cc(C(=O)NC2CCN(C)CC2)nn1C. The normalized spacial score (nSPS) is 16.7. The van der Waals surface area contributed by atoms with Gasteiger partial charge in [0.1, 0.15) is 5.69 Å². The van der Waals surface area contributed by atoms with Crippen molar-refractivity contribution in [2.24, 2.45) is 7.05 Å². The van der Waals surface area contributed by atoms with Gasteiger partial charge in [0.2, 0.25) is 0 Å². The van der Waals surface area contributed by atoms with Crippen molar-refractivity contribution in [3.63, 3.8) is 0 Å². The summed E-state index contributed by atoms with van der Waals surface area (Å²) in [6.07, 6.45) is 1.86. The van der Waals surface area contributed by atoms with E-state index in [4.69, 9.17) is 4.74 Å². The molecule has 116 valence electrons. The Labute approximate surface area is 124 Å². The molecule has 0 aromatic carbocycles. The third-order valence-electron chi connectivity index (χ3n) is 3.65. The Morgan fingerprint density at radius 2 is 2.05 bits per heavy atom. The third kappa shape index (κ3) is 3.81. The number of piperidine rings is 1. The van der Waals surface area contributed by atoms with Crippen LogP contribution in [0.2, 0.25) is 0 Å². The Hall–Kier alpha value is -1.89. The number of carbonyl (C=O) groups excluding carboxylic acids is 2. The lowest BCUT2D eigenvalue weighted by atomic mass is 10.1. The minimum Gasteiger partial charge on any atom is -0.461 e. The standard InChI is InChI=1S/C14H22N4O3/c1-4-21-14(20)12-9-11(16-18(12)3)13(19)15-10-5-7-17(2)8-6-10/h9-10H,4-8H2,1-3H3,(H,15,19). The number of hydrogen-bond acceptors (Lipinski definition) is 5. The highest BCUT2D eigenvalue weighted by Crippen LogP contribution is 2.10. The second kappa shape index (κ2) is 6.71. The number of aryl methyl sites for hydroxylation is 1. The van der Waals surface area contributed by atoms with E-state index in [1.807, 2.05) is 0 Å². The Morgan fingerprint density at radius 3 is 2.67 bits per heavy atom. The van der Waals surface area contributed by atoms with E-state index in [2.05, 4.69) is 22.4 Å². The molecule has 1 fully saturated rings. The van der Waals surface area contributed by atoms with Gasteiger partial charge in [0.25, 0.3) is 5.91 Å². The van der Waals surface area contributed by atoms with Gasteiger partial charge in [-0.1, -0.05) is 0 Å². The molecule has 0 bridgehead atoms. The van der Waals surface area contributed by atoms with Crippen molar-refractivity contribution in [3.05, 3.63) is 17.5 Å². The fraction of sp³-hybridized carbons (Fsp3) is 0.643. The average Bonchev–Trinajstić information content (AvgIpc) is 2.84. The summed E-state index contributed by atoms with van der Waals surface area (Å²) in [5, 5.41) is 7.06. The molecule has 1 aromatic rings. The smallest absolute Gasteiger partial charge is 0.356 e. The van der Waals surface area contributed by atoms with E-state index in [1.54, 1.807) is 14.0 Å². The number of ether oxygens (including phenoxy) is 1. The van der Waals surface area contributed by atoms with E-state index in [0.717, 1.165) is 25.9 Å². The summed E-state index contributed by atoms with van der Waals surface area (Å²) in [7, 11) is 3.70. The molecule has 1 N–H and O–H groups in total. The molecule has 1 aromatic heterocycles. The van der Waals surface area contributed by atoms with Crippen molar-refractivity contribution in [2.75, 3.05) is 26.7 Å². The number of likely N-dealkylation sites (tertiary alicyclic amines) is 1. The van der Waals surface area contributed by atoms with E-state index in [0.29, 0.717) is 6.61 Å². The largest absolute Gasteiger partial charge is 0.461 e. The van der Waals surface area contributed by atoms with Gasteiger partial charge in [-0.25, -0.2) is 4.79 Å². The van der Waals surface area contributed by atoms with Crippen LogP contribution in [0.15, 0.2) is 6.07 Å². The topological polar surface area (TPSA) is 76.5 Å². The zero-order valence-corrected chi connectivity index (χ0v) is 12.8. The van der Waals surface area contributed by atoms with E-state index in [1.165, 1.54) is 10.7 Å². The molecule has 0 unspecified atom stereocenters. The summed E-state index contributed by atoms with van der Waals surface area (Å²) in [5.41, 5.74) is 0.532. The van der Waals surface area contributed by atoms with Gasteiger partial charge in [0.05, 0.1) is 6.61 Å². The molecular formula is C14H22N4O3. The summed E-state index contributed by atoms with van der Waals surface area (Å²) in [6, 6.07) is 1.64. The van der Waals surface area contributed by atoms with Crippen LogP contribution in [0.3, 0.4) is 0 Å². The summed E-state index contributed by atoms with van der Waals surface area (Å²) in [5.74, 6) is -0.707. The summed E-state index contributed by atoms with van der Waals surface area (Å²) in [4.78, 5) is 26.1. The van der Waals surface area contributed by atoms with Gasteiger partial charge in [-0.3, -0.25) is 9.48 Å². The van der Waals surface area contributed by atoms with Crippen molar-refractivity contribution in [1.82, 2.24) is 20.0 Å². The maximum absolute atomic E-state index is 12.2. The molecule has 7 nitrogen and oxygen atoms in total. The number of esters is 1. The molecule has 1 amide bonds. The lowest BCUT2D eigenvalue weighted by Gasteiger charge is -2.29. The second-order valence-electron chi connectivity index (χ2n) is 5.31. The molecule has 21 heavy (non-hydrogen) atoms. The van der Waals surface area contributed by atoms with E-state index >= 15 is 0 Å². The maximum atomic E-state index is 12.2. The number of hydrogen-bond donors (Lipinski definition) is 1. The zero-order valence-electron chi connectivity index (χ0n) is 12.8. The van der Waals surface area contributed by atoms with Gasteiger partial charge in [-0.15, -0.1) is 0 Å². The van der Waals surface area contributed by atoms with Crippen LogP contribution >= 0.6 is 0 Å². The molecule has 1 aliphatic rings. The van der Waals surface area contributed by atoms with Crippen LogP contribution in [-0.4, -0.2) is 59.3 Å². The van der Waals surface area contributed by atoms with Crippen LogP contribution in [0.1, 0.15) is 40.7 Å². The van der Waals surface area contributed by atoms with Crippen LogP contribution in [0, 0.1) is 0 Å². The van der Waals surface area contributed by atoms with Crippen molar-refractivity contribution in [2.45, 2.75) is 25.8 Å². The molecule has 7 heteroatoms. The number of amides is 1. The fourth-order valence-corrected chi connectivity index (χ4v) is 2.39. The minimum absolute atomic E-state index is 0.168.